The normalized spacial score (nSPS) is 12.1. The van der Waals surface area contributed by atoms with Gasteiger partial charge < -0.3 is 4.74 Å². The lowest BCUT2D eigenvalue weighted by Gasteiger charge is -2.15. The second-order valence-corrected chi connectivity index (χ2v) is 11.2. The molecule has 0 aromatic carbocycles. The second kappa shape index (κ2) is 6.05. The molecule has 0 radical (unpaired) electrons. The standard InChI is InChI=1S/C10H18Cl2N2OSi/c1-16(2,3)5-4-15-8-14-7-9(12)10(6-11)13-14/h7H,4-6,8H2,1-3H3. The fraction of sp³-hybridized carbons (Fsp3) is 0.700. The van der Waals surface area contributed by atoms with Crippen molar-refractivity contribution < 1.29 is 4.74 Å². The predicted octanol–water partition coefficient (Wildman–Crippen LogP) is 3.59. The first kappa shape index (κ1) is 14.0. The van der Waals surface area contributed by atoms with Crippen molar-refractivity contribution in [2.24, 2.45) is 0 Å². The Morgan fingerprint density at radius 3 is 2.62 bits per heavy atom. The summed E-state index contributed by atoms with van der Waals surface area (Å²) in [5.41, 5.74) is 0.706. The van der Waals surface area contributed by atoms with Crippen LogP contribution in [0.4, 0.5) is 0 Å². The van der Waals surface area contributed by atoms with Crippen LogP contribution >= 0.6 is 23.2 Å². The van der Waals surface area contributed by atoms with E-state index in [2.05, 4.69) is 24.7 Å². The molecule has 0 bridgehead atoms. The summed E-state index contributed by atoms with van der Waals surface area (Å²) in [5, 5.41) is 4.80. The van der Waals surface area contributed by atoms with E-state index in [9.17, 15) is 0 Å². The quantitative estimate of drug-likeness (QED) is 0.452. The van der Waals surface area contributed by atoms with Crippen molar-refractivity contribution in [3.05, 3.63) is 16.9 Å². The molecule has 16 heavy (non-hydrogen) atoms. The van der Waals surface area contributed by atoms with Crippen molar-refractivity contribution in [1.82, 2.24) is 9.78 Å². The molecule has 1 heterocycles. The molecule has 6 heteroatoms. The number of hydrogen-bond acceptors (Lipinski definition) is 2. The van der Waals surface area contributed by atoms with Crippen LogP contribution < -0.4 is 0 Å². The smallest absolute Gasteiger partial charge is 0.139 e. The topological polar surface area (TPSA) is 27.1 Å². The van der Waals surface area contributed by atoms with E-state index in [-0.39, 0.29) is 0 Å². The molecular formula is C10H18Cl2N2OSi. The minimum absolute atomic E-state index is 0.334. The van der Waals surface area contributed by atoms with Crippen LogP contribution in [0.15, 0.2) is 6.20 Å². The zero-order chi connectivity index (χ0) is 12.2. The molecule has 92 valence electrons. The van der Waals surface area contributed by atoms with Gasteiger partial charge in [-0.3, -0.25) is 0 Å². The van der Waals surface area contributed by atoms with E-state index in [4.69, 9.17) is 27.9 Å². The highest BCUT2D eigenvalue weighted by Gasteiger charge is 2.12. The van der Waals surface area contributed by atoms with Gasteiger partial charge in [0.15, 0.2) is 0 Å². The predicted molar refractivity (Wildman–Crippen MR) is 70.9 cm³/mol. The van der Waals surface area contributed by atoms with Gasteiger partial charge in [-0.2, -0.15) is 5.10 Å². The van der Waals surface area contributed by atoms with Gasteiger partial charge in [0, 0.05) is 20.9 Å². The summed E-state index contributed by atoms with van der Waals surface area (Å²) in [6, 6.07) is 1.16. The molecule has 0 saturated carbocycles. The first-order valence-corrected chi connectivity index (χ1v) is 9.90. The second-order valence-electron chi connectivity index (χ2n) is 4.94. The Morgan fingerprint density at radius 2 is 2.12 bits per heavy atom. The van der Waals surface area contributed by atoms with E-state index in [0.29, 0.717) is 23.3 Å². The van der Waals surface area contributed by atoms with Gasteiger partial charge in [-0.05, 0) is 6.04 Å². The minimum atomic E-state index is -1.01. The molecule has 0 saturated heterocycles. The van der Waals surface area contributed by atoms with Gasteiger partial charge in [-0.25, -0.2) is 4.68 Å². The Kier molecular flexibility index (Phi) is 5.31. The lowest BCUT2D eigenvalue weighted by Crippen LogP contribution is -2.22. The van der Waals surface area contributed by atoms with Crippen molar-refractivity contribution in [1.29, 1.82) is 0 Å². The molecule has 0 N–H and O–H groups in total. The number of halogens is 2. The Hall–Kier alpha value is -0.0331. The Labute approximate surface area is 108 Å². The van der Waals surface area contributed by atoms with Crippen LogP contribution in [-0.4, -0.2) is 24.5 Å². The zero-order valence-corrected chi connectivity index (χ0v) is 12.5. The molecule has 0 spiro atoms. The highest BCUT2D eigenvalue weighted by atomic mass is 35.5. The van der Waals surface area contributed by atoms with Crippen LogP contribution in [0, 0.1) is 0 Å². The van der Waals surface area contributed by atoms with Crippen molar-refractivity contribution in [2.75, 3.05) is 6.61 Å². The molecule has 0 atom stereocenters. The summed E-state index contributed by atoms with van der Waals surface area (Å²) in [5.74, 6) is 0.334. The van der Waals surface area contributed by atoms with Crippen LogP contribution in [0.3, 0.4) is 0 Å². The SMILES string of the molecule is C[Si](C)(C)CCOCn1cc(Cl)c(CCl)n1. The maximum Gasteiger partial charge on any atom is 0.139 e. The average Bonchev–Trinajstić information content (AvgIpc) is 2.52. The van der Waals surface area contributed by atoms with E-state index in [0.717, 1.165) is 12.7 Å². The fourth-order valence-corrected chi connectivity index (χ4v) is 2.37. The first-order valence-electron chi connectivity index (χ1n) is 5.28. The summed E-state index contributed by atoms with van der Waals surface area (Å²) in [4.78, 5) is 0. The maximum atomic E-state index is 5.91. The van der Waals surface area contributed by atoms with Gasteiger partial charge in [0.1, 0.15) is 6.73 Å². The average molecular weight is 281 g/mol. The third kappa shape index (κ3) is 4.87. The molecule has 1 aromatic rings. The van der Waals surface area contributed by atoms with Gasteiger partial charge in [0.25, 0.3) is 0 Å². The molecule has 1 aromatic heterocycles. The van der Waals surface area contributed by atoms with Crippen molar-refractivity contribution >= 4 is 31.3 Å². The van der Waals surface area contributed by atoms with Gasteiger partial charge >= 0.3 is 0 Å². The Bertz CT molecular complexity index is 336. The van der Waals surface area contributed by atoms with Crippen LogP contribution in [0.5, 0.6) is 0 Å². The summed E-state index contributed by atoms with van der Waals surface area (Å²) in [6.45, 7) is 8.21. The molecule has 1 rings (SSSR count). The molecular weight excluding hydrogens is 263 g/mol. The van der Waals surface area contributed by atoms with Crippen molar-refractivity contribution in [3.8, 4) is 0 Å². The monoisotopic (exact) mass is 280 g/mol. The molecule has 0 amide bonds. The van der Waals surface area contributed by atoms with Crippen LogP contribution in [0.2, 0.25) is 30.7 Å². The van der Waals surface area contributed by atoms with E-state index < -0.39 is 8.07 Å². The molecule has 0 unspecified atom stereocenters. The third-order valence-electron chi connectivity index (χ3n) is 2.13. The van der Waals surface area contributed by atoms with Gasteiger partial charge in [-0.1, -0.05) is 31.2 Å². The largest absolute Gasteiger partial charge is 0.360 e. The maximum absolute atomic E-state index is 5.91. The van der Waals surface area contributed by atoms with Crippen LogP contribution in [-0.2, 0) is 17.3 Å². The number of ether oxygens (including phenoxy) is 1. The number of nitrogens with zero attached hydrogens (tertiary/aromatic N) is 2. The minimum Gasteiger partial charge on any atom is -0.360 e. The molecule has 0 aliphatic rings. The summed E-state index contributed by atoms with van der Waals surface area (Å²) < 4.78 is 7.23. The van der Waals surface area contributed by atoms with E-state index in [1.807, 2.05) is 0 Å². The number of hydrogen-bond donors (Lipinski definition) is 0. The molecule has 0 aliphatic carbocycles. The van der Waals surface area contributed by atoms with Crippen molar-refractivity contribution in [3.63, 3.8) is 0 Å². The molecule has 3 nitrogen and oxygen atoms in total. The van der Waals surface area contributed by atoms with E-state index in [1.54, 1.807) is 10.9 Å². The van der Waals surface area contributed by atoms with E-state index in [1.165, 1.54) is 0 Å². The van der Waals surface area contributed by atoms with E-state index >= 15 is 0 Å². The Balaban J connectivity index is 2.32. The number of alkyl halides is 1. The lowest BCUT2D eigenvalue weighted by atomic mass is 10.5. The summed E-state index contributed by atoms with van der Waals surface area (Å²) >= 11 is 11.6. The zero-order valence-electron chi connectivity index (χ0n) is 9.96. The van der Waals surface area contributed by atoms with Crippen LogP contribution in [0.25, 0.3) is 0 Å². The summed E-state index contributed by atoms with van der Waals surface area (Å²) in [6.07, 6.45) is 1.74. The third-order valence-corrected chi connectivity index (χ3v) is 4.41. The molecule has 0 aliphatic heterocycles. The first-order chi connectivity index (χ1) is 7.42. The lowest BCUT2D eigenvalue weighted by molar-refractivity contribution is 0.0783. The van der Waals surface area contributed by atoms with Crippen LogP contribution in [0.1, 0.15) is 5.69 Å². The highest BCUT2D eigenvalue weighted by molar-refractivity contribution is 6.76. The number of rotatable bonds is 6. The van der Waals surface area contributed by atoms with Gasteiger partial charge in [-0.15, -0.1) is 11.6 Å². The Morgan fingerprint density at radius 1 is 1.44 bits per heavy atom. The van der Waals surface area contributed by atoms with Gasteiger partial charge in [0.2, 0.25) is 0 Å². The van der Waals surface area contributed by atoms with Crippen molar-refractivity contribution in [2.45, 2.75) is 38.3 Å². The number of aromatic nitrogens is 2. The highest BCUT2D eigenvalue weighted by Crippen LogP contribution is 2.15. The molecule has 0 fully saturated rings. The fourth-order valence-electron chi connectivity index (χ4n) is 1.13. The van der Waals surface area contributed by atoms with Gasteiger partial charge in [0.05, 0.1) is 16.6 Å². The summed E-state index contributed by atoms with van der Waals surface area (Å²) in [7, 11) is -1.01.